The maximum atomic E-state index is 14.4. The Hall–Kier alpha value is -6.13. The molecule has 0 saturated heterocycles. The van der Waals surface area contributed by atoms with E-state index in [9.17, 15) is 43.5 Å². The third kappa shape index (κ3) is 18.4. The van der Waals surface area contributed by atoms with Crippen molar-refractivity contribution in [2.24, 2.45) is 22.6 Å². The van der Waals surface area contributed by atoms with Crippen LogP contribution in [0.15, 0.2) is 67.1 Å². The monoisotopic (exact) mass is 953 g/mol. The topological polar surface area (TPSA) is 336 Å². The number of carbonyl (C=O) groups is 8. The predicted molar refractivity (Wildman–Crippen MR) is 252 cm³/mol. The van der Waals surface area contributed by atoms with E-state index in [-0.39, 0.29) is 37.9 Å². The van der Waals surface area contributed by atoms with Gasteiger partial charge in [-0.15, -0.1) is 0 Å². The fourth-order valence-corrected chi connectivity index (χ4v) is 7.51. The number of thioether (sulfide) groups is 2. The second kappa shape index (κ2) is 26.7. The first-order valence-electron chi connectivity index (χ1n) is 21.1. The molecule has 0 aliphatic heterocycles. The molecule has 2 aromatic carbocycles. The smallest absolute Gasteiger partial charge is 0.243 e. The standard InChI is InChI=1S/C44H63N11O9S2/c1-44(2,3)36(43(64)51-31(16-18-66-5)39(60)52-32(37(47)58)22-35(46)57)55-42(63)34(21-27-23-48-24-49-27)54-41(62)33(20-25-9-7-6-8-10-25)53-40(61)30(15-17-65-4)50-38(59)29(45)19-26-11-13-28(56)14-12-26/h6-14,23-24,29-34,36,56H,15-22,45H2,1-5H3,(H2,46,57)(H2,47,58)(H,48,49)(H,50,59)(H,51,64)(H,52,60)(H,53,61)(H,54,62)(H,55,63)/t29-,30+,31-,32-,33-,34-,36+/m0/s1. The summed E-state index contributed by atoms with van der Waals surface area (Å²) in [7, 11) is 0. The summed E-state index contributed by atoms with van der Waals surface area (Å²) in [6, 6.07) is 6.38. The highest BCUT2D eigenvalue weighted by Crippen LogP contribution is 2.21. The Morgan fingerprint density at radius 2 is 1.12 bits per heavy atom. The molecule has 20 nitrogen and oxygen atoms in total. The number of aromatic amines is 1. The van der Waals surface area contributed by atoms with Crippen LogP contribution in [-0.4, -0.2) is 129 Å². The van der Waals surface area contributed by atoms with Crippen molar-refractivity contribution in [3.8, 4) is 5.75 Å². The van der Waals surface area contributed by atoms with Crippen molar-refractivity contribution in [1.82, 2.24) is 41.9 Å². The number of nitrogens with two attached hydrogens (primary N) is 3. The zero-order valence-electron chi connectivity index (χ0n) is 37.8. The van der Waals surface area contributed by atoms with E-state index < -0.39 is 101 Å². The van der Waals surface area contributed by atoms with E-state index in [1.807, 2.05) is 6.26 Å². The second-order valence-corrected chi connectivity index (χ2v) is 18.7. The summed E-state index contributed by atoms with van der Waals surface area (Å²) >= 11 is 2.84. The quantitative estimate of drug-likeness (QED) is 0.0451. The summed E-state index contributed by atoms with van der Waals surface area (Å²) < 4.78 is 0. The maximum Gasteiger partial charge on any atom is 0.243 e. The lowest BCUT2D eigenvalue weighted by Gasteiger charge is -2.33. The van der Waals surface area contributed by atoms with Gasteiger partial charge in [-0.3, -0.25) is 38.4 Å². The van der Waals surface area contributed by atoms with E-state index in [1.165, 1.54) is 48.2 Å². The average Bonchev–Trinajstić information content (AvgIpc) is 3.78. The first-order chi connectivity index (χ1) is 31.2. The third-order valence-electron chi connectivity index (χ3n) is 10.2. The first-order valence-corrected chi connectivity index (χ1v) is 23.9. The Kier molecular flexibility index (Phi) is 22.0. The zero-order valence-corrected chi connectivity index (χ0v) is 39.4. The van der Waals surface area contributed by atoms with Crippen LogP contribution in [0.4, 0.5) is 0 Å². The van der Waals surface area contributed by atoms with Gasteiger partial charge in [0.2, 0.25) is 47.3 Å². The number of carbonyl (C=O) groups excluding carboxylic acids is 8. The third-order valence-corrected chi connectivity index (χ3v) is 11.5. The molecular formula is C44H63N11O9S2. The number of aromatic hydroxyl groups is 1. The molecule has 0 spiro atoms. The SMILES string of the molecule is CSCC[C@H](NC(=O)[C@@H](NC(=O)[C@H](Cc1cnc[nH]1)NC(=O)[C@H](Cc1ccccc1)NC(=O)[C@@H](CCSC)NC(=O)[C@@H](N)Cc1ccc(O)cc1)C(C)(C)C)C(=O)N[C@@H](CC(N)=O)C(N)=O. The largest absolute Gasteiger partial charge is 0.508 e. The van der Waals surface area contributed by atoms with Gasteiger partial charge in [0.25, 0.3) is 0 Å². The number of hydrogen-bond acceptors (Lipinski definition) is 13. The Balaban J connectivity index is 1.90. The number of benzene rings is 2. The summed E-state index contributed by atoms with van der Waals surface area (Å²) in [6.07, 6.45) is 6.22. The Morgan fingerprint density at radius 1 is 0.636 bits per heavy atom. The lowest BCUT2D eigenvalue weighted by molar-refractivity contribution is -0.137. The maximum absolute atomic E-state index is 14.4. The van der Waals surface area contributed by atoms with Crippen molar-refractivity contribution in [2.75, 3.05) is 24.0 Å². The fourth-order valence-electron chi connectivity index (χ4n) is 6.57. The molecule has 0 unspecified atom stereocenters. The number of amides is 8. The number of H-pyrrole nitrogens is 1. The van der Waals surface area contributed by atoms with Gasteiger partial charge in [-0.1, -0.05) is 63.2 Å². The minimum Gasteiger partial charge on any atom is -0.508 e. The number of aromatic nitrogens is 2. The number of primary amides is 2. The fraction of sp³-hybridized carbons (Fsp3) is 0.477. The zero-order chi connectivity index (χ0) is 49.0. The van der Waals surface area contributed by atoms with Crippen LogP contribution in [0.25, 0.3) is 0 Å². The van der Waals surface area contributed by atoms with Gasteiger partial charge in [0, 0.05) is 24.7 Å². The van der Waals surface area contributed by atoms with Crippen LogP contribution in [0, 0.1) is 5.41 Å². The Labute approximate surface area is 392 Å². The van der Waals surface area contributed by atoms with Gasteiger partial charge in [-0.25, -0.2) is 4.98 Å². The molecule has 0 fully saturated rings. The Morgan fingerprint density at radius 3 is 1.62 bits per heavy atom. The van der Waals surface area contributed by atoms with Crippen molar-refractivity contribution in [2.45, 2.75) is 102 Å². The van der Waals surface area contributed by atoms with Crippen molar-refractivity contribution in [3.05, 3.63) is 83.9 Å². The average molecular weight is 954 g/mol. The number of imidazole rings is 1. The molecule has 7 atom stereocenters. The normalized spacial score (nSPS) is 14.5. The Bertz CT molecular complexity index is 2090. The van der Waals surface area contributed by atoms with Gasteiger partial charge in [0.15, 0.2) is 0 Å². The summed E-state index contributed by atoms with van der Waals surface area (Å²) in [5.74, 6) is -5.32. The van der Waals surface area contributed by atoms with Crippen molar-refractivity contribution >= 4 is 70.8 Å². The number of rotatable bonds is 27. The summed E-state index contributed by atoms with van der Waals surface area (Å²) in [6.45, 7) is 5.06. The molecule has 8 amide bonds. The van der Waals surface area contributed by atoms with E-state index in [4.69, 9.17) is 17.2 Å². The molecule has 1 aromatic heterocycles. The van der Waals surface area contributed by atoms with Gasteiger partial charge in [-0.05, 0) is 72.0 Å². The van der Waals surface area contributed by atoms with Crippen molar-refractivity contribution in [1.29, 1.82) is 0 Å². The molecule has 66 heavy (non-hydrogen) atoms. The van der Waals surface area contributed by atoms with Crippen molar-refractivity contribution in [3.63, 3.8) is 0 Å². The molecule has 0 radical (unpaired) electrons. The second-order valence-electron chi connectivity index (χ2n) is 16.7. The van der Waals surface area contributed by atoms with E-state index >= 15 is 0 Å². The molecule has 360 valence electrons. The summed E-state index contributed by atoms with van der Waals surface area (Å²) in [5.41, 5.74) is 17.7. The number of hydrogen-bond donors (Lipinski definition) is 11. The highest BCUT2D eigenvalue weighted by atomic mass is 32.2. The van der Waals surface area contributed by atoms with Crippen LogP contribution in [0.2, 0.25) is 0 Å². The minimum atomic E-state index is -1.43. The van der Waals surface area contributed by atoms with E-state index in [0.717, 1.165) is 0 Å². The van der Waals surface area contributed by atoms with E-state index in [0.29, 0.717) is 28.3 Å². The lowest BCUT2D eigenvalue weighted by Crippen LogP contribution is -2.62. The lowest BCUT2D eigenvalue weighted by atomic mass is 9.85. The van der Waals surface area contributed by atoms with Crippen LogP contribution in [0.5, 0.6) is 5.75 Å². The first kappa shape index (κ1) is 54.2. The van der Waals surface area contributed by atoms with Gasteiger partial charge < -0.3 is 59.2 Å². The summed E-state index contributed by atoms with van der Waals surface area (Å²) in [4.78, 5) is 114. The van der Waals surface area contributed by atoms with Gasteiger partial charge in [0.05, 0.1) is 18.8 Å². The van der Waals surface area contributed by atoms with Crippen LogP contribution >= 0.6 is 23.5 Å². The highest BCUT2D eigenvalue weighted by molar-refractivity contribution is 7.98. The molecule has 14 N–H and O–H groups in total. The predicted octanol–water partition coefficient (Wildman–Crippen LogP) is -0.708. The molecule has 0 aliphatic carbocycles. The highest BCUT2D eigenvalue weighted by Gasteiger charge is 2.38. The number of phenolic OH excluding ortho intramolecular Hbond substituents is 1. The van der Waals surface area contributed by atoms with Gasteiger partial charge >= 0.3 is 0 Å². The number of phenols is 1. The molecule has 3 aromatic rings. The van der Waals surface area contributed by atoms with Crippen LogP contribution in [0.3, 0.4) is 0 Å². The van der Waals surface area contributed by atoms with Crippen LogP contribution in [0.1, 0.15) is 56.9 Å². The van der Waals surface area contributed by atoms with Gasteiger partial charge in [0.1, 0.15) is 42.0 Å². The van der Waals surface area contributed by atoms with Crippen LogP contribution in [-0.2, 0) is 57.6 Å². The minimum absolute atomic E-state index is 0.0110. The molecular weight excluding hydrogens is 891 g/mol. The molecule has 1 heterocycles. The van der Waals surface area contributed by atoms with Gasteiger partial charge in [-0.2, -0.15) is 23.5 Å². The molecule has 0 saturated carbocycles. The molecule has 22 heteroatoms. The number of nitrogens with one attached hydrogen (secondary N) is 7. The molecule has 0 bridgehead atoms. The summed E-state index contributed by atoms with van der Waals surface area (Å²) in [5, 5.41) is 25.7. The van der Waals surface area contributed by atoms with Crippen LogP contribution < -0.4 is 49.1 Å². The van der Waals surface area contributed by atoms with E-state index in [1.54, 1.807) is 69.5 Å². The van der Waals surface area contributed by atoms with Crippen molar-refractivity contribution < 1.29 is 43.5 Å². The number of nitrogens with zero attached hydrogens (tertiary/aromatic N) is 1. The molecule has 3 rings (SSSR count). The molecule has 0 aliphatic rings. The van der Waals surface area contributed by atoms with E-state index in [2.05, 4.69) is 41.9 Å².